The van der Waals surface area contributed by atoms with Crippen LogP contribution in [0, 0.1) is 0 Å². The predicted octanol–water partition coefficient (Wildman–Crippen LogP) is 3.99. The number of thiazole rings is 1. The number of aryl methyl sites for hydroxylation is 1. The molecule has 0 radical (unpaired) electrons. The van der Waals surface area contributed by atoms with Gasteiger partial charge < -0.3 is 46.6 Å². The summed E-state index contributed by atoms with van der Waals surface area (Å²) in [6, 6.07) is 9.06. The van der Waals surface area contributed by atoms with Gasteiger partial charge >= 0.3 is 7.60 Å². The summed E-state index contributed by atoms with van der Waals surface area (Å²) >= 11 is 1.67. The molecule has 3 heterocycles. The fourth-order valence-corrected chi connectivity index (χ4v) is 8.26. The highest BCUT2D eigenvalue weighted by Crippen LogP contribution is 2.32. The number of aromatic nitrogens is 3. The van der Waals surface area contributed by atoms with E-state index >= 15 is 0 Å². The standard InChI is InChI=1S/C38H61N10O5PS/c49-34(14-6-15-35(50)42-22-26-54(51,52)53)41-21-25-48-23-16-30(17-24-48)45-37-32-12-4-5-13-33(32)46-38(47-37)43-27-36-44-31(28-55-36)11-7-18-39-19-8-20-40-29-9-2-1-3-10-29/h4-5,12-13,28-30,39-40H,1-3,6-11,14-27H2,(H,41,49)(H,42,50)(H2,51,52,53)(H2,43,45,46,47). The van der Waals surface area contributed by atoms with Gasteiger partial charge in [0.05, 0.1) is 23.9 Å². The second-order valence-electron chi connectivity index (χ2n) is 14.7. The van der Waals surface area contributed by atoms with E-state index in [9.17, 15) is 14.2 Å². The number of rotatable bonds is 24. The van der Waals surface area contributed by atoms with E-state index in [0.29, 0.717) is 25.5 Å². The molecule has 2 aliphatic rings. The summed E-state index contributed by atoms with van der Waals surface area (Å²) in [6.07, 6.45) is 12.3. The van der Waals surface area contributed by atoms with Crippen LogP contribution in [0.15, 0.2) is 29.6 Å². The molecule has 5 rings (SSSR count). The lowest BCUT2D eigenvalue weighted by atomic mass is 9.95. The number of amides is 2. The summed E-state index contributed by atoms with van der Waals surface area (Å²) in [5, 5.41) is 24.0. The van der Waals surface area contributed by atoms with Gasteiger partial charge in [-0.2, -0.15) is 4.98 Å². The van der Waals surface area contributed by atoms with E-state index in [2.05, 4.69) is 48.2 Å². The van der Waals surface area contributed by atoms with Gasteiger partial charge in [-0.15, -0.1) is 11.3 Å². The first kappa shape index (κ1) is 42.9. The molecule has 1 saturated heterocycles. The molecule has 0 unspecified atom stereocenters. The Bertz CT molecular complexity index is 1660. The van der Waals surface area contributed by atoms with Crippen molar-refractivity contribution in [2.24, 2.45) is 0 Å². The van der Waals surface area contributed by atoms with Gasteiger partial charge in [-0.1, -0.05) is 31.4 Å². The molecule has 2 fully saturated rings. The van der Waals surface area contributed by atoms with Gasteiger partial charge in [0.15, 0.2) is 0 Å². The maximum Gasteiger partial charge on any atom is 0.327 e. The van der Waals surface area contributed by atoms with E-state index in [0.717, 1.165) is 98.4 Å². The number of hydrogen-bond donors (Lipinski definition) is 8. The Labute approximate surface area is 329 Å². The van der Waals surface area contributed by atoms with Crippen LogP contribution in [0.5, 0.6) is 0 Å². The summed E-state index contributed by atoms with van der Waals surface area (Å²) in [7, 11) is -4.13. The lowest BCUT2D eigenvalue weighted by Gasteiger charge is -2.32. The minimum absolute atomic E-state index is 0.0817. The number of nitrogens with zero attached hydrogens (tertiary/aromatic N) is 4. The lowest BCUT2D eigenvalue weighted by Crippen LogP contribution is -2.42. The fraction of sp³-hybridized carbons (Fsp3) is 0.658. The molecule has 2 amide bonds. The fourth-order valence-electron chi connectivity index (χ4n) is 7.09. The number of carbonyl (C=O) groups is 2. The summed E-state index contributed by atoms with van der Waals surface area (Å²) in [5.41, 5.74) is 2.02. The highest BCUT2D eigenvalue weighted by molar-refractivity contribution is 7.51. The molecule has 1 aromatic carbocycles. The molecule has 55 heavy (non-hydrogen) atoms. The van der Waals surface area contributed by atoms with Crippen molar-refractivity contribution in [3.8, 4) is 0 Å². The van der Waals surface area contributed by atoms with E-state index in [-0.39, 0.29) is 37.2 Å². The zero-order valence-corrected chi connectivity index (χ0v) is 33.8. The lowest BCUT2D eigenvalue weighted by molar-refractivity contribution is -0.122. The number of benzene rings is 1. The van der Waals surface area contributed by atoms with Gasteiger partial charge in [0.25, 0.3) is 0 Å². The minimum Gasteiger partial charge on any atom is -0.367 e. The number of likely N-dealkylation sites (tertiary alicyclic amines) is 1. The Morgan fingerprint density at radius 2 is 1.58 bits per heavy atom. The van der Waals surface area contributed by atoms with Gasteiger partial charge in [0.1, 0.15) is 10.8 Å². The Hall–Kier alpha value is -3.24. The first-order chi connectivity index (χ1) is 26.7. The first-order valence-corrected chi connectivity index (χ1v) is 22.8. The summed E-state index contributed by atoms with van der Waals surface area (Å²) in [6.45, 7) is 6.74. The smallest absolute Gasteiger partial charge is 0.327 e. The van der Waals surface area contributed by atoms with E-state index in [4.69, 9.17) is 24.7 Å². The third-order valence-electron chi connectivity index (χ3n) is 10.2. The van der Waals surface area contributed by atoms with Gasteiger partial charge in [-0.25, -0.2) is 9.97 Å². The maximum absolute atomic E-state index is 12.2. The second kappa shape index (κ2) is 23.1. The van der Waals surface area contributed by atoms with Gasteiger partial charge in [0.2, 0.25) is 17.8 Å². The average molecular weight is 801 g/mol. The van der Waals surface area contributed by atoms with Gasteiger partial charge in [-0.3, -0.25) is 14.2 Å². The maximum atomic E-state index is 12.2. The van der Waals surface area contributed by atoms with Crippen molar-refractivity contribution in [3.63, 3.8) is 0 Å². The van der Waals surface area contributed by atoms with E-state index in [1.54, 1.807) is 11.3 Å². The van der Waals surface area contributed by atoms with Crippen molar-refractivity contribution >= 4 is 53.4 Å². The van der Waals surface area contributed by atoms with Crippen LogP contribution in [-0.4, -0.2) is 112 Å². The quantitative estimate of drug-likeness (QED) is 0.0478. The van der Waals surface area contributed by atoms with Crippen LogP contribution >= 0.6 is 18.9 Å². The van der Waals surface area contributed by atoms with Crippen molar-refractivity contribution in [2.75, 3.05) is 69.2 Å². The number of nitrogens with one attached hydrogen (secondary N) is 6. The minimum atomic E-state index is -4.13. The second-order valence-corrected chi connectivity index (χ2v) is 17.4. The van der Waals surface area contributed by atoms with Crippen LogP contribution in [-0.2, 0) is 27.1 Å². The molecule has 304 valence electrons. The van der Waals surface area contributed by atoms with Crippen molar-refractivity contribution in [2.45, 2.75) is 102 Å². The van der Waals surface area contributed by atoms with Crippen LogP contribution in [0.1, 0.15) is 87.8 Å². The molecule has 3 aromatic rings. The van der Waals surface area contributed by atoms with Crippen LogP contribution in [0.2, 0.25) is 0 Å². The van der Waals surface area contributed by atoms with E-state index < -0.39 is 13.8 Å². The largest absolute Gasteiger partial charge is 0.367 e. The normalized spacial score (nSPS) is 16.0. The van der Waals surface area contributed by atoms with Crippen LogP contribution < -0.4 is 31.9 Å². The number of piperidine rings is 1. The topological polar surface area (TPSA) is 206 Å². The molecule has 8 N–H and O–H groups in total. The van der Waals surface area contributed by atoms with Crippen LogP contribution in [0.3, 0.4) is 0 Å². The highest BCUT2D eigenvalue weighted by Gasteiger charge is 2.21. The molecular weight excluding hydrogens is 740 g/mol. The number of carbonyl (C=O) groups excluding carboxylic acids is 2. The molecule has 1 aliphatic carbocycles. The Kier molecular flexibility index (Phi) is 18.0. The van der Waals surface area contributed by atoms with Gasteiger partial charge in [0, 0.05) is 68.4 Å². The molecule has 15 nitrogen and oxygen atoms in total. The summed E-state index contributed by atoms with van der Waals surface area (Å²) in [5.74, 6) is 0.976. The summed E-state index contributed by atoms with van der Waals surface area (Å²) < 4.78 is 10.9. The van der Waals surface area contributed by atoms with Crippen molar-refractivity contribution < 1.29 is 23.9 Å². The number of para-hydroxylation sites is 1. The SMILES string of the molecule is O=C(CCCC(=O)NCCP(=O)(O)O)NCCN1CCC(Nc2nc(NCc3nc(CCCNCCCNC4CCCCC4)cs3)nc3ccccc23)CC1. The Balaban J connectivity index is 0.959. The number of anilines is 2. The summed E-state index contributed by atoms with van der Waals surface area (Å²) in [4.78, 5) is 58.7. The van der Waals surface area contributed by atoms with E-state index in [1.807, 2.05) is 18.2 Å². The molecule has 1 aliphatic heterocycles. The zero-order valence-electron chi connectivity index (χ0n) is 32.1. The van der Waals surface area contributed by atoms with Crippen molar-refractivity contribution in [1.29, 1.82) is 0 Å². The Morgan fingerprint density at radius 1 is 0.836 bits per heavy atom. The third-order valence-corrected chi connectivity index (χ3v) is 11.9. The monoisotopic (exact) mass is 800 g/mol. The van der Waals surface area contributed by atoms with Crippen molar-refractivity contribution in [3.05, 3.63) is 40.3 Å². The zero-order chi connectivity index (χ0) is 38.7. The van der Waals surface area contributed by atoms with Crippen molar-refractivity contribution in [1.82, 2.24) is 41.1 Å². The first-order valence-electron chi connectivity index (χ1n) is 20.1. The average Bonchev–Trinajstić information content (AvgIpc) is 3.63. The molecular formula is C38H61N10O5PS. The highest BCUT2D eigenvalue weighted by atomic mass is 32.1. The molecule has 1 saturated carbocycles. The van der Waals surface area contributed by atoms with Crippen LogP contribution in [0.4, 0.5) is 11.8 Å². The molecule has 17 heteroatoms. The number of fused-ring (bicyclic) bond motifs is 1. The Morgan fingerprint density at radius 3 is 2.36 bits per heavy atom. The molecule has 0 atom stereocenters. The molecule has 0 bridgehead atoms. The molecule has 0 spiro atoms. The van der Waals surface area contributed by atoms with E-state index in [1.165, 1.54) is 38.5 Å². The predicted molar refractivity (Wildman–Crippen MR) is 220 cm³/mol. The molecule has 2 aromatic heterocycles. The third kappa shape index (κ3) is 16.4. The number of hydrogen-bond acceptors (Lipinski definition) is 12. The van der Waals surface area contributed by atoms with Crippen LogP contribution in [0.25, 0.3) is 10.9 Å². The van der Waals surface area contributed by atoms with Gasteiger partial charge in [-0.05, 0) is 83.1 Å².